The monoisotopic (exact) mass is 448 g/mol. The predicted octanol–water partition coefficient (Wildman–Crippen LogP) is 3.35. The molecule has 164 valence electrons. The molecule has 8 nitrogen and oxygen atoms in total. The first-order valence-corrected chi connectivity index (χ1v) is 11.5. The molecule has 1 aliphatic rings. The molecule has 1 unspecified atom stereocenters. The molecular formula is C23H24N6O2S. The van der Waals surface area contributed by atoms with Crippen molar-refractivity contribution in [2.75, 3.05) is 6.54 Å². The van der Waals surface area contributed by atoms with E-state index in [-0.39, 0.29) is 11.9 Å². The third-order valence-corrected chi connectivity index (χ3v) is 7.37. The minimum atomic E-state index is -0.552. The Bertz CT molecular complexity index is 1320. The van der Waals surface area contributed by atoms with Crippen molar-refractivity contribution in [1.82, 2.24) is 24.5 Å². The first-order valence-electron chi connectivity index (χ1n) is 10.7. The van der Waals surface area contributed by atoms with Crippen molar-refractivity contribution >= 4 is 39.0 Å². The fourth-order valence-electron chi connectivity index (χ4n) is 4.58. The highest BCUT2D eigenvalue weighted by atomic mass is 32.1. The van der Waals surface area contributed by atoms with E-state index < -0.39 is 5.91 Å². The van der Waals surface area contributed by atoms with Gasteiger partial charge in [0.15, 0.2) is 5.65 Å². The normalized spacial score (nSPS) is 16.3. The number of likely N-dealkylation sites (tertiary alicyclic amines) is 1. The lowest BCUT2D eigenvalue weighted by atomic mass is 10.1. The minimum absolute atomic E-state index is 0.0481. The maximum Gasteiger partial charge on any atom is 0.254 e. The number of rotatable bonds is 5. The molecule has 0 bridgehead atoms. The molecule has 32 heavy (non-hydrogen) atoms. The number of aromatic nitrogens is 4. The Morgan fingerprint density at radius 3 is 2.81 bits per heavy atom. The fourth-order valence-corrected chi connectivity index (χ4v) is 5.69. The zero-order valence-corrected chi connectivity index (χ0v) is 18.9. The highest BCUT2D eigenvalue weighted by Crippen LogP contribution is 2.37. The lowest BCUT2D eigenvalue weighted by molar-refractivity contribution is -0.132. The molecule has 4 heterocycles. The van der Waals surface area contributed by atoms with Crippen LogP contribution in [0.25, 0.3) is 15.9 Å². The Labute approximate surface area is 189 Å². The fraction of sp³-hybridized carbons (Fsp3) is 0.348. The maximum atomic E-state index is 13.2. The first kappa shape index (κ1) is 20.6. The number of thiazole rings is 1. The van der Waals surface area contributed by atoms with Crippen molar-refractivity contribution in [3.05, 3.63) is 58.0 Å². The second kappa shape index (κ2) is 7.98. The largest absolute Gasteiger partial charge is 0.365 e. The molecule has 0 spiro atoms. The van der Waals surface area contributed by atoms with Gasteiger partial charge in [-0.15, -0.1) is 11.3 Å². The molecule has 1 fully saturated rings. The Hall–Kier alpha value is -3.33. The number of aryl methyl sites for hydroxylation is 2. The van der Waals surface area contributed by atoms with Gasteiger partial charge in [-0.25, -0.2) is 14.5 Å². The Kier molecular flexibility index (Phi) is 5.13. The van der Waals surface area contributed by atoms with E-state index in [0.29, 0.717) is 24.1 Å². The third-order valence-electron chi connectivity index (χ3n) is 6.23. The topological polar surface area (TPSA) is 106 Å². The average Bonchev–Trinajstić information content (AvgIpc) is 3.50. The van der Waals surface area contributed by atoms with Gasteiger partial charge in [-0.05, 0) is 50.8 Å². The zero-order valence-electron chi connectivity index (χ0n) is 18.0. The van der Waals surface area contributed by atoms with E-state index in [9.17, 15) is 9.59 Å². The molecule has 1 aliphatic heterocycles. The number of nitrogens with zero attached hydrogens (tertiary/aromatic N) is 5. The molecule has 3 aromatic heterocycles. The summed E-state index contributed by atoms with van der Waals surface area (Å²) in [5.41, 5.74) is 9.81. The second-order valence-corrected chi connectivity index (χ2v) is 9.25. The highest BCUT2D eigenvalue weighted by molar-refractivity contribution is 7.18. The van der Waals surface area contributed by atoms with Crippen LogP contribution >= 0.6 is 11.3 Å². The average molecular weight is 449 g/mol. The van der Waals surface area contributed by atoms with Crippen LogP contribution in [0.4, 0.5) is 0 Å². The molecule has 2 amide bonds. The lowest BCUT2D eigenvalue weighted by Crippen LogP contribution is -2.30. The van der Waals surface area contributed by atoms with Crippen molar-refractivity contribution in [3.63, 3.8) is 0 Å². The van der Waals surface area contributed by atoms with E-state index in [1.807, 2.05) is 36.9 Å². The molecule has 0 aliphatic carbocycles. The van der Waals surface area contributed by atoms with Crippen LogP contribution in [0.2, 0.25) is 0 Å². The number of nitrogens with two attached hydrogens (primary N) is 1. The molecule has 4 aromatic rings. The number of primary amides is 1. The molecule has 1 atom stereocenters. The van der Waals surface area contributed by atoms with Crippen LogP contribution in [0.15, 0.2) is 30.5 Å². The van der Waals surface area contributed by atoms with Crippen LogP contribution in [-0.4, -0.2) is 42.8 Å². The lowest BCUT2D eigenvalue weighted by Gasteiger charge is -2.23. The van der Waals surface area contributed by atoms with E-state index in [2.05, 4.69) is 16.1 Å². The van der Waals surface area contributed by atoms with Crippen LogP contribution in [-0.2, 0) is 11.2 Å². The van der Waals surface area contributed by atoms with Crippen molar-refractivity contribution in [2.45, 2.75) is 45.6 Å². The Morgan fingerprint density at radius 2 is 2.03 bits per heavy atom. The smallest absolute Gasteiger partial charge is 0.254 e. The zero-order chi connectivity index (χ0) is 22.4. The van der Waals surface area contributed by atoms with Crippen LogP contribution < -0.4 is 5.73 Å². The van der Waals surface area contributed by atoms with Gasteiger partial charge in [-0.2, -0.15) is 5.10 Å². The third kappa shape index (κ3) is 3.42. The quantitative estimate of drug-likeness (QED) is 0.504. The molecular weight excluding hydrogens is 424 g/mol. The van der Waals surface area contributed by atoms with Crippen molar-refractivity contribution in [2.24, 2.45) is 5.73 Å². The van der Waals surface area contributed by atoms with Gasteiger partial charge in [-0.3, -0.25) is 9.59 Å². The number of fused-ring (bicyclic) bond motifs is 2. The maximum absolute atomic E-state index is 13.2. The van der Waals surface area contributed by atoms with Gasteiger partial charge in [0.05, 0.1) is 22.5 Å². The number of carbonyl (C=O) groups is 2. The molecule has 1 aromatic carbocycles. The molecule has 1 saturated heterocycles. The van der Waals surface area contributed by atoms with Crippen LogP contribution in [0.5, 0.6) is 0 Å². The van der Waals surface area contributed by atoms with Crippen LogP contribution in [0.1, 0.15) is 57.6 Å². The molecule has 9 heteroatoms. The minimum Gasteiger partial charge on any atom is -0.365 e. The summed E-state index contributed by atoms with van der Waals surface area (Å²) in [7, 11) is 0. The van der Waals surface area contributed by atoms with E-state index >= 15 is 0 Å². The Balaban J connectivity index is 1.36. The van der Waals surface area contributed by atoms with Crippen molar-refractivity contribution < 1.29 is 9.59 Å². The summed E-state index contributed by atoms with van der Waals surface area (Å²) in [5, 5.41) is 5.29. The van der Waals surface area contributed by atoms with E-state index in [1.54, 1.807) is 15.9 Å². The number of amides is 2. The van der Waals surface area contributed by atoms with Gasteiger partial charge >= 0.3 is 0 Å². The summed E-state index contributed by atoms with van der Waals surface area (Å²) in [6.07, 6.45) is 4.33. The number of carbonyl (C=O) groups excluding carboxylic acids is 2. The van der Waals surface area contributed by atoms with Gasteiger partial charge in [0.1, 0.15) is 10.6 Å². The van der Waals surface area contributed by atoms with Gasteiger partial charge in [0.2, 0.25) is 5.91 Å². The number of hydrogen-bond donors (Lipinski definition) is 1. The number of para-hydroxylation sites is 1. The Morgan fingerprint density at radius 1 is 1.22 bits per heavy atom. The van der Waals surface area contributed by atoms with Crippen molar-refractivity contribution in [3.8, 4) is 0 Å². The summed E-state index contributed by atoms with van der Waals surface area (Å²) < 4.78 is 2.79. The summed E-state index contributed by atoms with van der Waals surface area (Å²) in [6.45, 7) is 4.58. The standard InChI is InChI=1S/C23H24N6O2S/c1-13-15(14(2)29-22(26-13)16(12-25-29)21(24)31)9-10-20(30)28-11-5-7-18(28)23-27-17-6-3-4-8-19(17)32-23/h3-4,6,8,12,18H,5,7,9-11H2,1-2H3,(H2,24,31). The summed E-state index contributed by atoms with van der Waals surface area (Å²) in [4.78, 5) is 36.1. The summed E-state index contributed by atoms with van der Waals surface area (Å²) in [5.74, 6) is -0.423. The summed E-state index contributed by atoms with van der Waals surface area (Å²) >= 11 is 1.68. The van der Waals surface area contributed by atoms with Crippen LogP contribution in [0.3, 0.4) is 0 Å². The predicted molar refractivity (Wildman–Crippen MR) is 123 cm³/mol. The number of benzene rings is 1. The van der Waals surface area contributed by atoms with Crippen molar-refractivity contribution in [1.29, 1.82) is 0 Å². The molecule has 2 N–H and O–H groups in total. The van der Waals surface area contributed by atoms with Crippen LogP contribution in [0, 0.1) is 13.8 Å². The van der Waals surface area contributed by atoms with E-state index in [1.165, 1.54) is 6.20 Å². The van der Waals surface area contributed by atoms with E-state index in [4.69, 9.17) is 10.7 Å². The van der Waals surface area contributed by atoms with E-state index in [0.717, 1.165) is 51.6 Å². The second-order valence-electron chi connectivity index (χ2n) is 8.18. The number of hydrogen-bond acceptors (Lipinski definition) is 6. The summed E-state index contributed by atoms with van der Waals surface area (Å²) in [6, 6.07) is 8.15. The highest BCUT2D eigenvalue weighted by Gasteiger charge is 2.32. The SMILES string of the molecule is Cc1nc2c(C(N)=O)cnn2c(C)c1CCC(=O)N1CCCC1c1nc2ccccc2s1. The van der Waals surface area contributed by atoms with Gasteiger partial charge in [0, 0.05) is 24.4 Å². The molecule has 0 saturated carbocycles. The van der Waals surface area contributed by atoms with Gasteiger partial charge in [-0.1, -0.05) is 12.1 Å². The van der Waals surface area contributed by atoms with Gasteiger partial charge in [0.25, 0.3) is 5.91 Å². The van der Waals surface area contributed by atoms with Gasteiger partial charge < -0.3 is 10.6 Å². The molecule has 5 rings (SSSR count). The molecule has 0 radical (unpaired) electrons. The first-order chi connectivity index (χ1) is 15.4.